The summed E-state index contributed by atoms with van der Waals surface area (Å²) in [6.45, 7) is 3.81. The van der Waals surface area contributed by atoms with E-state index in [1.54, 1.807) is 7.11 Å². The first-order chi connectivity index (χ1) is 9.71. The molecule has 1 aliphatic rings. The summed E-state index contributed by atoms with van der Waals surface area (Å²) in [5.74, 6) is 0.673. The van der Waals surface area contributed by atoms with Crippen molar-refractivity contribution in [2.24, 2.45) is 11.7 Å². The number of carbonyl (C=O) groups excluding carboxylic acids is 1. The Hall–Kier alpha value is -0.360. The van der Waals surface area contributed by atoms with Crippen molar-refractivity contribution in [3.63, 3.8) is 0 Å². The van der Waals surface area contributed by atoms with E-state index < -0.39 is 0 Å². The first-order valence-electron chi connectivity index (χ1n) is 7.82. The minimum Gasteiger partial charge on any atom is -0.380 e. The highest BCUT2D eigenvalue weighted by atomic mass is 35.5. The van der Waals surface area contributed by atoms with Crippen molar-refractivity contribution in [1.82, 2.24) is 5.32 Å². The Bertz CT molecular complexity index is 270. The summed E-state index contributed by atoms with van der Waals surface area (Å²) in [6.07, 6.45) is 6.47. The molecule has 126 valence electrons. The van der Waals surface area contributed by atoms with Crippen molar-refractivity contribution in [2.75, 3.05) is 26.8 Å². The normalized spacial score (nSPS) is 18.0. The smallest absolute Gasteiger partial charge is 0.222 e. The van der Waals surface area contributed by atoms with Gasteiger partial charge in [-0.2, -0.15) is 0 Å². The molecule has 2 atom stereocenters. The molecule has 6 heteroatoms. The fourth-order valence-electron chi connectivity index (χ4n) is 2.89. The van der Waals surface area contributed by atoms with Crippen molar-refractivity contribution in [1.29, 1.82) is 0 Å². The zero-order chi connectivity index (χ0) is 14.8. The van der Waals surface area contributed by atoms with E-state index in [0.29, 0.717) is 25.4 Å². The Balaban J connectivity index is 0.00000400. The molecule has 0 spiro atoms. The van der Waals surface area contributed by atoms with Crippen LogP contribution in [-0.2, 0) is 14.3 Å². The highest BCUT2D eigenvalue weighted by Crippen LogP contribution is 2.30. The Morgan fingerprint density at radius 3 is 2.57 bits per heavy atom. The standard InChI is InChI=1S/C15H30N2O3.ClH/c1-3-20-14(12-6-4-5-7-12)8-9-17-15(18)10-13(11-16)19-2;/h12-14H,3-11,16H2,1-2H3,(H,17,18);1H. The number of nitrogens with one attached hydrogen (secondary N) is 1. The lowest BCUT2D eigenvalue weighted by Gasteiger charge is -2.23. The van der Waals surface area contributed by atoms with Crippen molar-refractivity contribution < 1.29 is 14.3 Å². The Kier molecular flexibility index (Phi) is 12.0. The summed E-state index contributed by atoms with van der Waals surface area (Å²) in [4.78, 5) is 11.7. The van der Waals surface area contributed by atoms with Crippen molar-refractivity contribution >= 4 is 18.3 Å². The number of hydrogen-bond donors (Lipinski definition) is 2. The number of rotatable bonds is 10. The van der Waals surface area contributed by atoms with Gasteiger partial charge in [-0.3, -0.25) is 4.79 Å². The molecule has 2 unspecified atom stereocenters. The van der Waals surface area contributed by atoms with Gasteiger partial charge in [-0.25, -0.2) is 0 Å². The second kappa shape index (κ2) is 12.2. The monoisotopic (exact) mass is 322 g/mol. The van der Waals surface area contributed by atoms with Gasteiger partial charge in [-0.1, -0.05) is 12.8 Å². The minimum atomic E-state index is -0.187. The molecule has 1 rings (SSSR count). The summed E-state index contributed by atoms with van der Waals surface area (Å²) < 4.78 is 10.9. The van der Waals surface area contributed by atoms with Crippen LogP contribution in [0.3, 0.4) is 0 Å². The molecule has 0 aromatic carbocycles. The molecule has 5 nitrogen and oxygen atoms in total. The Morgan fingerprint density at radius 1 is 1.38 bits per heavy atom. The molecule has 0 aromatic rings. The number of carbonyl (C=O) groups is 1. The third-order valence-corrected chi connectivity index (χ3v) is 4.07. The molecule has 1 fully saturated rings. The van der Waals surface area contributed by atoms with Crippen LogP contribution in [0, 0.1) is 5.92 Å². The fourth-order valence-corrected chi connectivity index (χ4v) is 2.89. The molecule has 0 saturated heterocycles. The summed E-state index contributed by atoms with van der Waals surface area (Å²) in [6, 6.07) is 0. The zero-order valence-corrected chi connectivity index (χ0v) is 14.1. The summed E-state index contributed by atoms with van der Waals surface area (Å²) >= 11 is 0. The average Bonchev–Trinajstić information content (AvgIpc) is 2.98. The van der Waals surface area contributed by atoms with Gasteiger partial charge in [0.25, 0.3) is 0 Å². The quantitative estimate of drug-likeness (QED) is 0.644. The maximum absolute atomic E-state index is 11.7. The van der Waals surface area contributed by atoms with Gasteiger partial charge in [-0.05, 0) is 32.1 Å². The van der Waals surface area contributed by atoms with Crippen LogP contribution in [0.2, 0.25) is 0 Å². The lowest BCUT2D eigenvalue weighted by atomic mass is 9.98. The molecule has 0 radical (unpaired) electrons. The second-order valence-corrected chi connectivity index (χ2v) is 5.47. The van der Waals surface area contributed by atoms with Gasteiger partial charge in [0.05, 0.1) is 18.6 Å². The predicted molar refractivity (Wildman–Crippen MR) is 86.7 cm³/mol. The van der Waals surface area contributed by atoms with Gasteiger partial charge in [-0.15, -0.1) is 12.4 Å². The molecule has 0 heterocycles. The van der Waals surface area contributed by atoms with E-state index in [0.717, 1.165) is 13.0 Å². The van der Waals surface area contributed by atoms with Crippen molar-refractivity contribution in [2.45, 2.75) is 57.7 Å². The van der Waals surface area contributed by atoms with Crippen molar-refractivity contribution in [3.8, 4) is 0 Å². The fraction of sp³-hybridized carbons (Fsp3) is 0.933. The molecule has 1 amide bonds. The number of ether oxygens (including phenoxy) is 2. The van der Waals surface area contributed by atoms with Crippen molar-refractivity contribution in [3.05, 3.63) is 0 Å². The number of hydrogen-bond acceptors (Lipinski definition) is 4. The highest BCUT2D eigenvalue weighted by Gasteiger charge is 2.25. The van der Waals surface area contributed by atoms with Crippen LogP contribution in [0.4, 0.5) is 0 Å². The van der Waals surface area contributed by atoms with Crippen LogP contribution in [0.25, 0.3) is 0 Å². The molecule has 21 heavy (non-hydrogen) atoms. The third kappa shape index (κ3) is 8.00. The molecule has 0 aromatic heterocycles. The van der Waals surface area contributed by atoms with Crippen LogP contribution in [-0.4, -0.2) is 44.9 Å². The zero-order valence-electron chi connectivity index (χ0n) is 13.3. The predicted octanol–water partition coefficient (Wildman–Crippen LogP) is 1.87. The van der Waals surface area contributed by atoms with E-state index in [1.165, 1.54) is 25.7 Å². The maximum Gasteiger partial charge on any atom is 0.222 e. The Morgan fingerprint density at radius 2 is 2.05 bits per heavy atom. The van der Waals surface area contributed by atoms with Gasteiger partial charge in [0.15, 0.2) is 0 Å². The molecule has 1 saturated carbocycles. The first-order valence-corrected chi connectivity index (χ1v) is 7.82. The van der Waals surface area contributed by atoms with Crippen LogP contribution in [0.1, 0.15) is 45.4 Å². The van der Waals surface area contributed by atoms with E-state index in [4.69, 9.17) is 15.2 Å². The second-order valence-electron chi connectivity index (χ2n) is 5.47. The minimum absolute atomic E-state index is 0. The number of methoxy groups -OCH3 is 1. The number of nitrogens with two attached hydrogens (primary N) is 1. The van der Waals surface area contributed by atoms with E-state index in [9.17, 15) is 4.79 Å². The van der Waals surface area contributed by atoms with Crippen LogP contribution >= 0.6 is 12.4 Å². The average molecular weight is 323 g/mol. The number of amides is 1. The lowest BCUT2D eigenvalue weighted by molar-refractivity contribution is -0.123. The van der Waals surface area contributed by atoms with E-state index in [1.807, 2.05) is 6.92 Å². The van der Waals surface area contributed by atoms with Gasteiger partial charge in [0.1, 0.15) is 0 Å². The molecule has 1 aliphatic carbocycles. The molecular weight excluding hydrogens is 292 g/mol. The van der Waals surface area contributed by atoms with Crippen LogP contribution in [0.5, 0.6) is 0 Å². The van der Waals surface area contributed by atoms with Crippen LogP contribution in [0.15, 0.2) is 0 Å². The van der Waals surface area contributed by atoms with Gasteiger partial charge >= 0.3 is 0 Å². The van der Waals surface area contributed by atoms with Gasteiger partial charge in [0, 0.05) is 26.8 Å². The maximum atomic E-state index is 11.7. The van der Waals surface area contributed by atoms with Gasteiger partial charge < -0.3 is 20.5 Å². The van der Waals surface area contributed by atoms with Gasteiger partial charge in [0.2, 0.25) is 5.91 Å². The molecule has 0 bridgehead atoms. The largest absolute Gasteiger partial charge is 0.380 e. The highest BCUT2D eigenvalue weighted by molar-refractivity contribution is 5.85. The van der Waals surface area contributed by atoms with E-state index in [-0.39, 0.29) is 30.5 Å². The topological polar surface area (TPSA) is 73.6 Å². The lowest BCUT2D eigenvalue weighted by Crippen LogP contribution is -2.34. The van der Waals surface area contributed by atoms with Crippen LogP contribution < -0.4 is 11.1 Å². The van der Waals surface area contributed by atoms with E-state index >= 15 is 0 Å². The molecule has 0 aliphatic heterocycles. The van der Waals surface area contributed by atoms with E-state index in [2.05, 4.69) is 5.32 Å². The Labute approximate surface area is 134 Å². The third-order valence-electron chi connectivity index (χ3n) is 4.07. The summed E-state index contributed by atoms with van der Waals surface area (Å²) in [5.41, 5.74) is 5.51. The molecule has 3 N–H and O–H groups in total. The molecular formula is C15H31ClN2O3. The first kappa shape index (κ1) is 20.6. The summed E-state index contributed by atoms with van der Waals surface area (Å²) in [7, 11) is 1.58. The summed E-state index contributed by atoms with van der Waals surface area (Å²) in [5, 5.41) is 2.94. The SMILES string of the molecule is CCOC(CCNC(=O)CC(CN)OC)C1CCCC1.Cl. The number of halogens is 1.